The lowest BCUT2D eigenvalue weighted by Gasteiger charge is -2.33. The minimum atomic E-state index is -1.69. The van der Waals surface area contributed by atoms with Crippen LogP contribution in [0.4, 0.5) is 29.1 Å². The third-order valence-corrected chi connectivity index (χ3v) is 4.60. The van der Waals surface area contributed by atoms with E-state index in [2.05, 4.69) is 31.2 Å². The van der Waals surface area contributed by atoms with Crippen molar-refractivity contribution in [2.24, 2.45) is 5.92 Å². The van der Waals surface area contributed by atoms with E-state index < -0.39 is 35.1 Å². The highest BCUT2D eigenvalue weighted by Gasteiger charge is 2.31. The van der Waals surface area contributed by atoms with Crippen LogP contribution in [0.1, 0.15) is 12.8 Å². The van der Waals surface area contributed by atoms with Gasteiger partial charge < -0.3 is 10.2 Å². The first-order valence-electron chi connectivity index (χ1n) is 7.74. The third kappa shape index (κ3) is 3.79. The van der Waals surface area contributed by atoms with Gasteiger partial charge in [-0.25, -0.2) is 4.98 Å². The number of amides is 1. The molecule has 0 bridgehead atoms. The summed E-state index contributed by atoms with van der Waals surface area (Å²) in [5, 5.41) is 2.67. The fourth-order valence-corrected chi connectivity index (χ4v) is 3.03. The van der Waals surface area contributed by atoms with E-state index in [1.807, 2.05) is 0 Å². The molecule has 1 aliphatic heterocycles. The number of pyridine rings is 2. The summed E-state index contributed by atoms with van der Waals surface area (Å²) in [5.41, 5.74) is -0.788. The molecule has 138 valence electrons. The number of aromatic nitrogens is 2. The molecule has 2 aromatic rings. The second-order valence-corrected chi connectivity index (χ2v) is 6.70. The standard InChI is InChI=1S/C16H13BrF4N4O/c17-9-1-2-10(22-7-9)23-16(26)8-3-5-25(6-4-8)13-11(18)14(20)24-15(21)12(13)19/h1-2,7-8H,3-6H2,(H,22,23,26). The van der Waals surface area contributed by atoms with Crippen molar-refractivity contribution in [3.63, 3.8) is 0 Å². The largest absolute Gasteiger partial charge is 0.366 e. The zero-order valence-corrected chi connectivity index (χ0v) is 14.9. The van der Waals surface area contributed by atoms with Crippen LogP contribution in [-0.4, -0.2) is 29.0 Å². The summed E-state index contributed by atoms with van der Waals surface area (Å²) in [7, 11) is 0. The first kappa shape index (κ1) is 18.6. The monoisotopic (exact) mass is 432 g/mol. The van der Waals surface area contributed by atoms with Gasteiger partial charge in [-0.2, -0.15) is 22.5 Å². The van der Waals surface area contributed by atoms with Crippen LogP contribution >= 0.6 is 15.9 Å². The molecule has 0 aliphatic carbocycles. The first-order valence-corrected chi connectivity index (χ1v) is 8.53. The fourth-order valence-electron chi connectivity index (χ4n) is 2.80. The van der Waals surface area contributed by atoms with Gasteiger partial charge in [-0.15, -0.1) is 0 Å². The van der Waals surface area contributed by atoms with Crippen molar-refractivity contribution in [2.75, 3.05) is 23.3 Å². The van der Waals surface area contributed by atoms with Gasteiger partial charge in [-0.05, 0) is 40.9 Å². The average Bonchev–Trinajstić information content (AvgIpc) is 2.63. The van der Waals surface area contributed by atoms with Gasteiger partial charge in [0.1, 0.15) is 11.5 Å². The number of halogens is 5. The number of carbonyl (C=O) groups excluding carboxylic acids is 1. The zero-order valence-electron chi connectivity index (χ0n) is 13.3. The zero-order chi connectivity index (χ0) is 18.8. The maximum Gasteiger partial charge on any atom is 0.253 e. The van der Waals surface area contributed by atoms with Crippen molar-refractivity contribution >= 4 is 33.3 Å². The highest BCUT2D eigenvalue weighted by molar-refractivity contribution is 9.10. The van der Waals surface area contributed by atoms with E-state index in [9.17, 15) is 22.4 Å². The van der Waals surface area contributed by atoms with E-state index >= 15 is 0 Å². The highest BCUT2D eigenvalue weighted by Crippen LogP contribution is 2.30. The van der Waals surface area contributed by atoms with Crippen LogP contribution in [-0.2, 0) is 4.79 Å². The lowest BCUT2D eigenvalue weighted by Crippen LogP contribution is -2.39. The second kappa shape index (κ2) is 7.56. The molecule has 1 saturated heterocycles. The summed E-state index contributed by atoms with van der Waals surface area (Å²) in [4.78, 5) is 20.0. The van der Waals surface area contributed by atoms with Gasteiger partial charge in [0, 0.05) is 29.7 Å². The van der Waals surface area contributed by atoms with Crippen molar-refractivity contribution < 1.29 is 22.4 Å². The normalized spacial score (nSPS) is 15.2. The molecule has 26 heavy (non-hydrogen) atoms. The SMILES string of the molecule is O=C(Nc1ccc(Br)cn1)C1CCN(c2c(F)c(F)nc(F)c2F)CC1. The quantitative estimate of drug-likeness (QED) is 0.593. The lowest BCUT2D eigenvalue weighted by molar-refractivity contribution is -0.120. The Hall–Kier alpha value is -2.23. The van der Waals surface area contributed by atoms with Crippen LogP contribution in [0.25, 0.3) is 0 Å². The Morgan fingerprint density at radius 1 is 1.12 bits per heavy atom. The summed E-state index contributed by atoms with van der Waals surface area (Å²) in [5.74, 6) is -6.75. The molecule has 2 aromatic heterocycles. The van der Waals surface area contributed by atoms with Crippen molar-refractivity contribution in [3.05, 3.63) is 46.3 Å². The van der Waals surface area contributed by atoms with Crippen LogP contribution < -0.4 is 10.2 Å². The Kier molecular flexibility index (Phi) is 5.40. The van der Waals surface area contributed by atoms with Crippen molar-refractivity contribution in [1.29, 1.82) is 0 Å². The molecule has 0 radical (unpaired) electrons. The Balaban J connectivity index is 1.66. The van der Waals surface area contributed by atoms with Crippen LogP contribution in [0.3, 0.4) is 0 Å². The van der Waals surface area contributed by atoms with Crippen LogP contribution in [0.5, 0.6) is 0 Å². The Labute approximate surface area is 154 Å². The summed E-state index contributed by atoms with van der Waals surface area (Å²) in [6, 6.07) is 3.35. The number of hydrogen-bond acceptors (Lipinski definition) is 4. The van der Waals surface area contributed by atoms with Crippen molar-refractivity contribution in [1.82, 2.24) is 9.97 Å². The van der Waals surface area contributed by atoms with Gasteiger partial charge in [0.05, 0.1) is 0 Å². The topological polar surface area (TPSA) is 58.1 Å². The molecule has 1 N–H and O–H groups in total. The van der Waals surface area contributed by atoms with Crippen LogP contribution in [0, 0.1) is 29.4 Å². The number of carbonyl (C=O) groups is 1. The molecule has 0 aromatic carbocycles. The lowest BCUT2D eigenvalue weighted by atomic mass is 9.95. The number of nitrogens with zero attached hydrogens (tertiary/aromatic N) is 3. The molecule has 0 atom stereocenters. The number of piperidine rings is 1. The van der Waals surface area contributed by atoms with Gasteiger partial charge in [0.2, 0.25) is 17.5 Å². The predicted octanol–water partition coefficient (Wildman–Crippen LogP) is 3.65. The molecule has 3 rings (SSSR count). The molecule has 0 unspecified atom stereocenters. The first-order chi connectivity index (χ1) is 12.4. The van der Waals surface area contributed by atoms with Gasteiger partial charge in [0.25, 0.3) is 11.9 Å². The molecule has 10 heteroatoms. The highest BCUT2D eigenvalue weighted by atomic mass is 79.9. The van der Waals surface area contributed by atoms with Gasteiger partial charge >= 0.3 is 0 Å². The minimum Gasteiger partial charge on any atom is -0.366 e. The third-order valence-electron chi connectivity index (χ3n) is 4.14. The Bertz CT molecular complexity index is 800. The summed E-state index contributed by atoms with van der Waals surface area (Å²) >= 11 is 3.24. The van der Waals surface area contributed by atoms with E-state index in [0.29, 0.717) is 5.82 Å². The second-order valence-electron chi connectivity index (χ2n) is 5.78. The average molecular weight is 433 g/mol. The summed E-state index contributed by atoms with van der Waals surface area (Å²) < 4.78 is 54.9. The van der Waals surface area contributed by atoms with Gasteiger partial charge in [0.15, 0.2) is 0 Å². The van der Waals surface area contributed by atoms with Crippen molar-refractivity contribution in [2.45, 2.75) is 12.8 Å². The molecular weight excluding hydrogens is 420 g/mol. The summed E-state index contributed by atoms with van der Waals surface area (Å²) in [6.07, 6.45) is 2.08. The maximum absolute atomic E-state index is 13.8. The predicted molar refractivity (Wildman–Crippen MR) is 89.6 cm³/mol. The smallest absolute Gasteiger partial charge is 0.253 e. The number of rotatable bonds is 3. The molecule has 1 fully saturated rings. The summed E-state index contributed by atoms with van der Waals surface area (Å²) in [6.45, 7) is 0.144. The van der Waals surface area contributed by atoms with E-state index in [0.717, 1.165) is 4.47 Å². The molecule has 1 amide bonds. The molecule has 3 heterocycles. The fraction of sp³-hybridized carbons (Fsp3) is 0.312. The Morgan fingerprint density at radius 3 is 2.27 bits per heavy atom. The minimum absolute atomic E-state index is 0.0720. The number of anilines is 2. The maximum atomic E-state index is 13.8. The van der Waals surface area contributed by atoms with E-state index in [1.165, 1.54) is 11.1 Å². The number of hydrogen-bond donors (Lipinski definition) is 1. The van der Waals surface area contributed by atoms with Crippen LogP contribution in [0.15, 0.2) is 22.8 Å². The van der Waals surface area contributed by atoms with Crippen molar-refractivity contribution in [3.8, 4) is 0 Å². The molecule has 1 aliphatic rings. The van der Waals surface area contributed by atoms with E-state index in [4.69, 9.17) is 0 Å². The molecular formula is C16H13BrF4N4O. The van der Waals surface area contributed by atoms with Crippen LogP contribution in [0.2, 0.25) is 0 Å². The molecule has 5 nitrogen and oxygen atoms in total. The Morgan fingerprint density at radius 2 is 1.73 bits per heavy atom. The van der Waals surface area contributed by atoms with Gasteiger partial charge in [-0.1, -0.05) is 0 Å². The van der Waals surface area contributed by atoms with Gasteiger partial charge in [-0.3, -0.25) is 4.79 Å². The molecule has 0 spiro atoms. The molecule has 0 saturated carbocycles. The number of nitrogens with one attached hydrogen (secondary N) is 1. The van der Waals surface area contributed by atoms with E-state index in [1.54, 1.807) is 12.1 Å². The van der Waals surface area contributed by atoms with E-state index in [-0.39, 0.29) is 31.8 Å².